The Bertz CT molecular complexity index is 480. The summed E-state index contributed by atoms with van der Waals surface area (Å²) in [4.78, 5) is 23.4. The lowest BCUT2D eigenvalue weighted by Gasteiger charge is -2.24. The number of amides is 2. The van der Waals surface area contributed by atoms with Crippen LogP contribution in [0.2, 0.25) is 19.6 Å². The maximum absolute atomic E-state index is 11.9. The van der Waals surface area contributed by atoms with E-state index in [0.29, 0.717) is 11.3 Å². The largest absolute Gasteiger partial charge is 0.462 e. The minimum atomic E-state index is -1.58. The first-order valence-corrected chi connectivity index (χ1v) is 9.72. The summed E-state index contributed by atoms with van der Waals surface area (Å²) in [5, 5.41) is 5.22. The van der Waals surface area contributed by atoms with Gasteiger partial charge in [0.25, 0.3) is 0 Å². The predicted octanol–water partition coefficient (Wildman–Crippen LogP) is 1.39. The zero-order chi connectivity index (χ0) is 14.6. The van der Waals surface area contributed by atoms with Gasteiger partial charge in [-0.05, 0) is 13.8 Å². The molecule has 0 saturated carbocycles. The Morgan fingerprint density at radius 3 is 2.58 bits per heavy atom. The zero-order valence-corrected chi connectivity index (χ0v) is 13.0. The number of allylic oxidation sites excluding steroid dienone is 1. The number of urea groups is 1. The Hall–Kier alpha value is -1.74. The molecule has 5 nitrogen and oxygen atoms in total. The minimum absolute atomic E-state index is 0.289. The number of carbonyl (C=O) groups excluding carboxylic acids is 2. The van der Waals surface area contributed by atoms with Crippen LogP contribution in [-0.4, -0.2) is 32.7 Å². The van der Waals surface area contributed by atoms with Gasteiger partial charge in [0.2, 0.25) is 0 Å². The van der Waals surface area contributed by atoms with E-state index in [4.69, 9.17) is 4.74 Å². The van der Waals surface area contributed by atoms with Gasteiger partial charge in [-0.15, -0.1) is 5.54 Å². The standard InChI is InChI=1S/C13H20N2O3Si/c1-6-18-12(16)11-9(2)14-13(17)15-10(11)7-8-19(3,4)5/h10H,6H2,1-5H3,(H2,14,15,17). The van der Waals surface area contributed by atoms with Gasteiger partial charge in [0.15, 0.2) is 0 Å². The number of ether oxygens (including phenoxy) is 1. The highest BCUT2D eigenvalue weighted by Crippen LogP contribution is 2.14. The zero-order valence-electron chi connectivity index (χ0n) is 12.0. The fourth-order valence-electron chi connectivity index (χ4n) is 1.57. The Balaban J connectivity index is 3.10. The Morgan fingerprint density at radius 1 is 1.42 bits per heavy atom. The molecule has 1 aliphatic heterocycles. The smallest absolute Gasteiger partial charge is 0.338 e. The number of hydrogen-bond acceptors (Lipinski definition) is 3. The van der Waals surface area contributed by atoms with Crippen molar-refractivity contribution in [3.05, 3.63) is 11.3 Å². The molecule has 0 aromatic rings. The van der Waals surface area contributed by atoms with Crippen molar-refractivity contribution in [2.24, 2.45) is 0 Å². The molecular weight excluding hydrogens is 260 g/mol. The van der Waals surface area contributed by atoms with Crippen molar-refractivity contribution in [2.45, 2.75) is 39.5 Å². The highest BCUT2D eigenvalue weighted by atomic mass is 28.3. The van der Waals surface area contributed by atoms with Gasteiger partial charge in [-0.2, -0.15) is 0 Å². The average Bonchev–Trinajstić information content (AvgIpc) is 2.24. The van der Waals surface area contributed by atoms with E-state index in [1.54, 1.807) is 13.8 Å². The summed E-state index contributed by atoms with van der Waals surface area (Å²) in [5.74, 6) is 2.55. The second-order valence-corrected chi connectivity index (χ2v) is 10.1. The summed E-state index contributed by atoms with van der Waals surface area (Å²) in [6.07, 6.45) is 0. The van der Waals surface area contributed by atoms with E-state index in [2.05, 4.69) is 41.7 Å². The van der Waals surface area contributed by atoms with Crippen LogP contribution in [0.25, 0.3) is 0 Å². The van der Waals surface area contributed by atoms with E-state index in [9.17, 15) is 9.59 Å². The van der Waals surface area contributed by atoms with E-state index in [-0.39, 0.29) is 12.6 Å². The first kappa shape index (κ1) is 15.3. The van der Waals surface area contributed by atoms with Crippen LogP contribution in [0.4, 0.5) is 4.79 Å². The molecule has 0 spiro atoms. The SMILES string of the molecule is CCOC(=O)C1=C(C)NC(=O)NC1C#C[Si](C)(C)C. The molecule has 1 rings (SSSR count). The molecule has 2 amide bonds. The molecule has 1 aliphatic rings. The fourth-order valence-corrected chi connectivity index (χ4v) is 2.15. The summed E-state index contributed by atoms with van der Waals surface area (Å²) >= 11 is 0. The van der Waals surface area contributed by atoms with Crippen molar-refractivity contribution in [1.82, 2.24) is 10.6 Å². The lowest BCUT2D eigenvalue weighted by atomic mass is 10.0. The molecule has 6 heteroatoms. The lowest BCUT2D eigenvalue weighted by molar-refractivity contribution is -0.138. The van der Waals surface area contributed by atoms with Gasteiger partial charge in [0.1, 0.15) is 14.1 Å². The summed E-state index contributed by atoms with van der Waals surface area (Å²) < 4.78 is 5.00. The molecule has 0 aromatic heterocycles. The minimum Gasteiger partial charge on any atom is -0.462 e. The van der Waals surface area contributed by atoms with Gasteiger partial charge >= 0.3 is 12.0 Å². The van der Waals surface area contributed by atoms with Crippen LogP contribution in [0.5, 0.6) is 0 Å². The van der Waals surface area contributed by atoms with Crippen molar-refractivity contribution >= 4 is 20.1 Å². The fraction of sp³-hybridized carbons (Fsp3) is 0.538. The average molecular weight is 280 g/mol. The lowest BCUT2D eigenvalue weighted by Crippen LogP contribution is -2.49. The maximum Gasteiger partial charge on any atom is 0.338 e. The second-order valence-electron chi connectivity index (χ2n) is 5.31. The topological polar surface area (TPSA) is 67.4 Å². The number of rotatable bonds is 2. The molecule has 0 aromatic carbocycles. The summed E-state index contributed by atoms with van der Waals surface area (Å²) in [6.45, 7) is 10.0. The van der Waals surface area contributed by atoms with Crippen LogP contribution in [0.15, 0.2) is 11.3 Å². The molecule has 19 heavy (non-hydrogen) atoms. The van der Waals surface area contributed by atoms with Crippen molar-refractivity contribution in [2.75, 3.05) is 6.61 Å². The molecular formula is C13H20N2O3Si. The van der Waals surface area contributed by atoms with Gasteiger partial charge in [-0.25, -0.2) is 9.59 Å². The van der Waals surface area contributed by atoms with Gasteiger partial charge in [-0.3, -0.25) is 0 Å². The second kappa shape index (κ2) is 5.93. The van der Waals surface area contributed by atoms with E-state index in [1.807, 2.05) is 0 Å². The molecule has 0 aliphatic carbocycles. The number of esters is 1. The number of nitrogens with one attached hydrogen (secondary N) is 2. The normalized spacial score (nSPS) is 19.0. The molecule has 0 radical (unpaired) electrons. The predicted molar refractivity (Wildman–Crippen MR) is 75.9 cm³/mol. The van der Waals surface area contributed by atoms with Crippen molar-refractivity contribution in [3.8, 4) is 11.5 Å². The van der Waals surface area contributed by atoms with Crippen LogP contribution in [0.3, 0.4) is 0 Å². The maximum atomic E-state index is 11.9. The van der Waals surface area contributed by atoms with Crippen LogP contribution in [-0.2, 0) is 9.53 Å². The molecule has 1 atom stereocenters. The summed E-state index contributed by atoms with van der Waals surface area (Å²) in [6, 6.07) is -0.944. The van der Waals surface area contributed by atoms with Gasteiger partial charge in [0, 0.05) is 5.70 Å². The Morgan fingerprint density at radius 2 is 2.05 bits per heavy atom. The van der Waals surface area contributed by atoms with Crippen LogP contribution in [0.1, 0.15) is 13.8 Å². The number of carbonyl (C=O) groups is 2. The third-order valence-corrected chi connectivity index (χ3v) is 3.25. The molecule has 104 valence electrons. The van der Waals surface area contributed by atoms with E-state index in [0.717, 1.165) is 0 Å². The highest BCUT2D eigenvalue weighted by Gasteiger charge is 2.29. The Labute approximate surface area is 114 Å². The third kappa shape index (κ3) is 4.45. The third-order valence-electron chi connectivity index (χ3n) is 2.36. The monoisotopic (exact) mass is 280 g/mol. The highest BCUT2D eigenvalue weighted by molar-refractivity contribution is 6.83. The molecule has 1 heterocycles. The summed E-state index contributed by atoms with van der Waals surface area (Å²) in [5.41, 5.74) is 4.04. The van der Waals surface area contributed by atoms with Crippen molar-refractivity contribution in [3.63, 3.8) is 0 Å². The molecule has 2 N–H and O–H groups in total. The van der Waals surface area contributed by atoms with E-state index >= 15 is 0 Å². The van der Waals surface area contributed by atoms with Crippen LogP contribution < -0.4 is 10.6 Å². The van der Waals surface area contributed by atoms with Crippen LogP contribution >= 0.6 is 0 Å². The van der Waals surface area contributed by atoms with Crippen molar-refractivity contribution in [1.29, 1.82) is 0 Å². The molecule has 1 unspecified atom stereocenters. The van der Waals surface area contributed by atoms with Crippen molar-refractivity contribution < 1.29 is 14.3 Å². The van der Waals surface area contributed by atoms with E-state index in [1.165, 1.54) is 0 Å². The summed E-state index contributed by atoms with van der Waals surface area (Å²) in [7, 11) is -1.58. The number of hydrogen-bond donors (Lipinski definition) is 2. The molecule has 0 fully saturated rings. The molecule has 0 saturated heterocycles. The van der Waals surface area contributed by atoms with Gasteiger partial charge in [-0.1, -0.05) is 25.6 Å². The van der Waals surface area contributed by atoms with Gasteiger partial charge in [0.05, 0.1) is 12.2 Å². The quantitative estimate of drug-likeness (QED) is 0.456. The first-order valence-electron chi connectivity index (χ1n) is 6.22. The van der Waals surface area contributed by atoms with Crippen LogP contribution in [0, 0.1) is 11.5 Å². The Kier molecular flexibility index (Phi) is 4.78. The molecule has 0 bridgehead atoms. The first-order chi connectivity index (χ1) is 8.74. The van der Waals surface area contributed by atoms with E-state index < -0.39 is 20.1 Å². The van der Waals surface area contributed by atoms with Gasteiger partial charge < -0.3 is 15.4 Å².